The largest absolute Gasteiger partial charge is 0.497 e. The van der Waals surface area contributed by atoms with E-state index in [-0.39, 0.29) is 24.2 Å². The molecule has 0 radical (unpaired) electrons. The third-order valence-corrected chi connectivity index (χ3v) is 6.48. The predicted molar refractivity (Wildman–Crippen MR) is 128 cm³/mol. The Hall–Kier alpha value is -3.81. The van der Waals surface area contributed by atoms with Crippen molar-refractivity contribution in [1.29, 1.82) is 0 Å². The maximum Gasteiger partial charge on any atom is 0.290 e. The highest BCUT2D eigenvalue weighted by atomic mass is 16.5. The van der Waals surface area contributed by atoms with E-state index >= 15 is 0 Å². The number of hydrazine groups is 1. The summed E-state index contributed by atoms with van der Waals surface area (Å²) in [5, 5.41) is 2.58. The van der Waals surface area contributed by atoms with Crippen LogP contribution < -0.4 is 15.2 Å². The van der Waals surface area contributed by atoms with Gasteiger partial charge in [0, 0.05) is 30.2 Å². The smallest absolute Gasteiger partial charge is 0.290 e. The molecule has 8 heteroatoms. The molecular weight excluding hydrogens is 418 g/mol. The van der Waals surface area contributed by atoms with Gasteiger partial charge in [0.15, 0.2) is 0 Å². The van der Waals surface area contributed by atoms with Gasteiger partial charge in [0.05, 0.1) is 12.8 Å². The summed E-state index contributed by atoms with van der Waals surface area (Å²) < 4.78 is 5.39. The Labute approximate surface area is 192 Å². The van der Waals surface area contributed by atoms with Gasteiger partial charge >= 0.3 is 0 Å². The van der Waals surface area contributed by atoms with Crippen LogP contribution in [0, 0.1) is 6.92 Å². The van der Waals surface area contributed by atoms with Gasteiger partial charge in [0.25, 0.3) is 11.8 Å². The lowest BCUT2D eigenvalue weighted by molar-refractivity contribution is -0.125. The number of methoxy groups -OCH3 is 1. The van der Waals surface area contributed by atoms with Crippen molar-refractivity contribution in [2.24, 2.45) is 4.99 Å². The van der Waals surface area contributed by atoms with Crippen molar-refractivity contribution in [3.63, 3.8) is 0 Å². The zero-order chi connectivity index (χ0) is 22.9. The molecule has 1 saturated heterocycles. The normalized spacial score (nSPS) is 17.2. The molecule has 0 spiro atoms. The van der Waals surface area contributed by atoms with Gasteiger partial charge in [-0.05, 0) is 61.6 Å². The number of nitrogens with zero attached hydrogens (tertiary/aromatic N) is 3. The molecule has 2 aliphatic heterocycles. The minimum Gasteiger partial charge on any atom is -0.497 e. The topological polar surface area (TPSA) is 90.0 Å². The lowest BCUT2D eigenvalue weighted by Gasteiger charge is -2.34. The van der Waals surface area contributed by atoms with Crippen molar-refractivity contribution in [1.82, 2.24) is 15.3 Å². The number of piperidine rings is 1. The second-order valence-corrected chi connectivity index (χ2v) is 8.56. The molecular formula is C25H27N5O3. The Kier molecular flexibility index (Phi) is 5.50. The van der Waals surface area contributed by atoms with Crippen LogP contribution >= 0.6 is 0 Å². The Bertz CT molecular complexity index is 1220. The van der Waals surface area contributed by atoms with Gasteiger partial charge in [0.1, 0.15) is 12.3 Å². The number of nitrogens with one attached hydrogen (secondary N) is 2. The fourth-order valence-corrected chi connectivity index (χ4v) is 4.57. The van der Waals surface area contributed by atoms with Crippen molar-refractivity contribution in [2.45, 2.75) is 25.7 Å². The molecule has 0 unspecified atom stereocenters. The van der Waals surface area contributed by atoms with Gasteiger partial charge in [-0.2, -0.15) is 0 Å². The number of carbonyl (C=O) groups excluding carboxylic acids is 2. The highest BCUT2D eigenvalue weighted by Gasteiger charge is 2.31. The molecule has 2 aromatic carbocycles. The summed E-state index contributed by atoms with van der Waals surface area (Å²) in [6.07, 6.45) is 3.80. The molecule has 0 atom stereocenters. The SMILES string of the molecule is COc1ccc2[nH]cc(C3CCN(C(=O)C4=NCC(=O)N(c5ccc(C)cc5)N4)CC3)c2c1. The van der Waals surface area contributed by atoms with Gasteiger partial charge in [-0.1, -0.05) is 17.7 Å². The highest BCUT2D eigenvalue weighted by molar-refractivity contribution is 6.39. The van der Waals surface area contributed by atoms with Crippen LogP contribution in [0.3, 0.4) is 0 Å². The van der Waals surface area contributed by atoms with Crippen molar-refractivity contribution >= 4 is 34.2 Å². The van der Waals surface area contributed by atoms with E-state index in [4.69, 9.17) is 4.74 Å². The van der Waals surface area contributed by atoms with E-state index < -0.39 is 0 Å². The first-order chi connectivity index (χ1) is 16.0. The summed E-state index contributed by atoms with van der Waals surface area (Å²) >= 11 is 0. The molecule has 2 amide bonds. The van der Waals surface area contributed by atoms with E-state index in [1.807, 2.05) is 48.2 Å². The highest BCUT2D eigenvalue weighted by Crippen LogP contribution is 2.34. The second-order valence-electron chi connectivity index (χ2n) is 8.56. The molecule has 170 valence electrons. The number of rotatable bonds is 4. The van der Waals surface area contributed by atoms with Crippen LogP contribution in [0.5, 0.6) is 5.75 Å². The van der Waals surface area contributed by atoms with Crippen molar-refractivity contribution in [3.05, 3.63) is 59.8 Å². The minimum atomic E-state index is -0.191. The first-order valence-corrected chi connectivity index (χ1v) is 11.2. The van der Waals surface area contributed by atoms with Crippen LogP contribution in [0.2, 0.25) is 0 Å². The number of aliphatic imine (C=N–C) groups is 1. The monoisotopic (exact) mass is 445 g/mol. The summed E-state index contributed by atoms with van der Waals surface area (Å²) in [6.45, 7) is 3.22. The number of amidine groups is 1. The number of hydrogen-bond acceptors (Lipinski definition) is 5. The lowest BCUT2D eigenvalue weighted by atomic mass is 9.89. The fourth-order valence-electron chi connectivity index (χ4n) is 4.57. The first-order valence-electron chi connectivity index (χ1n) is 11.2. The number of aryl methyl sites for hydroxylation is 1. The predicted octanol–water partition coefficient (Wildman–Crippen LogP) is 3.14. The molecule has 2 aliphatic rings. The zero-order valence-corrected chi connectivity index (χ0v) is 18.8. The quantitative estimate of drug-likeness (QED) is 0.646. The molecule has 0 aliphatic carbocycles. The molecule has 1 aromatic heterocycles. The van der Waals surface area contributed by atoms with Crippen molar-refractivity contribution in [2.75, 3.05) is 31.8 Å². The van der Waals surface area contributed by atoms with E-state index in [2.05, 4.69) is 27.7 Å². The average molecular weight is 446 g/mol. The number of amides is 2. The van der Waals surface area contributed by atoms with Crippen LogP contribution in [0.25, 0.3) is 10.9 Å². The lowest BCUT2D eigenvalue weighted by Crippen LogP contribution is -2.57. The number of anilines is 1. The number of aromatic amines is 1. The van der Waals surface area contributed by atoms with Gasteiger partial charge in [-0.15, -0.1) is 0 Å². The number of carbonyl (C=O) groups is 2. The van der Waals surface area contributed by atoms with Gasteiger partial charge in [-0.25, -0.2) is 5.01 Å². The Morgan fingerprint density at radius 1 is 1.12 bits per heavy atom. The van der Waals surface area contributed by atoms with E-state index in [1.165, 1.54) is 16.0 Å². The maximum atomic E-state index is 13.2. The third kappa shape index (κ3) is 4.04. The summed E-state index contributed by atoms with van der Waals surface area (Å²) in [5.41, 5.74) is 7.08. The Morgan fingerprint density at radius 2 is 1.88 bits per heavy atom. The van der Waals surface area contributed by atoms with Crippen molar-refractivity contribution < 1.29 is 14.3 Å². The van der Waals surface area contributed by atoms with E-state index in [9.17, 15) is 9.59 Å². The first kappa shape index (κ1) is 21.1. The van der Waals surface area contributed by atoms with E-state index in [1.54, 1.807) is 7.11 Å². The maximum absolute atomic E-state index is 13.2. The summed E-state index contributed by atoms with van der Waals surface area (Å²) in [6, 6.07) is 13.6. The molecule has 8 nitrogen and oxygen atoms in total. The van der Waals surface area contributed by atoms with E-state index in [0.717, 1.165) is 29.7 Å². The average Bonchev–Trinajstić information content (AvgIpc) is 3.28. The number of hydrogen-bond donors (Lipinski definition) is 2. The van der Waals surface area contributed by atoms with Crippen LogP contribution in [0.4, 0.5) is 5.69 Å². The second kappa shape index (κ2) is 8.61. The summed E-state index contributed by atoms with van der Waals surface area (Å²) in [4.78, 5) is 34.9. The van der Waals surface area contributed by atoms with Gasteiger partial charge in [-0.3, -0.25) is 20.0 Å². The molecule has 5 rings (SSSR count). The van der Waals surface area contributed by atoms with E-state index in [0.29, 0.717) is 24.7 Å². The number of benzene rings is 2. The molecule has 0 saturated carbocycles. The van der Waals surface area contributed by atoms with Crippen LogP contribution in [-0.2, 0) is 9.59 Å². The number of H-pyrrole nitrogens is 1. The van der Waals surface area contributed by atoms with Crippen LogP contribution in [0.1, 0.15) is 29.9 Å². The minimum absolute atomic E-state index is 0.0460. The summed E-state index contributed by atoms with van der Waals surface area (Å²) in [5.74, 6) is 1.06. The Balaban J connectivity index is 1.26. The number of likely N-dealkylation sites (tertiary alicyclic amines) is 1. The van der Waals surface area contributed by atoms with Crippen molar-refractivity contribution in [3.8, 4) is 5.75 Å². The third-order valence-electron chi connectivity index (χ3n) is 6.48. The fraction of sp³-hybridized carbons (Fsp3) is 0.320. The zero-order valence-electron chi connectivity index (χ0n) is 18.8. The molecule has 0 bridgehead atoms. The Morgan fingerprint density at radius 3 is 2.61 bits per heavy atom. The number of fused-ring (bicyclic) bond motifs is 1. The molecule has 3 aromatic rings. The van der Waals surface area contributed by atoms with Crippen LogP contribution in [0.15, 0.2) is 53.7 Å². The molecule has 33 heavy (non-hydrogen) atoms. The van der Waals surface area contributed by atoms with Crippen LogP contribution in [-0.4, -0.2) is 54.3 Å². The molecule has 3 heterocycles. The molecule has 2 N–H and O–H groups in total. The van der Waals surface area contributed by atoms with Gasteiger partial charge < -0.3 is 14.6 Å². The number of aromatic nitrogens is 1. The number of ether oxygens (including phenoxy) is 1. The summed E-state index contributed by atoms with van der Waals surface area (Å²) in [7, 11) is 1.67. The standard InChI is InChI=1S/C25H27N5O3/c1-16-3-5-18(6-4-16)30-23(31)15-27-24(28-30)25(32)29-11-9-17(10-12-29)21-14-26-22-8-7-19(33-2)13-20(21)22/h3-8,13-14,17,26H,9-12,15H2,1-2H3,(H,27,28). The molecule has 1 fully saturated rings. The van der Waals surface area contributed by atoms with Gasteiger partial charge in [0.2, 0.25) is 5.84 Å².